The van der Waals surface area contributed by atoms with Gasteiger partial charge in [0.15, 0.2) is 0 Å². The van der Waals surface area contributed by atoms with Gasteiger partial charge in [0.1, 0.15) is 0 Å². The van der Waals surface area contributed by atoms with Crippen LogP contribution in [0.2, 0.25) is 0 Å². The third-order valence-electron chi connectivity index (χ3n) is 6.23. The molecule has 0 radical (unpaired) electrons. The molecule has 1 N–H and O–H groups in total. The van der Waals surface area contributed by atoms with E-state index in [0.717, 1.165) is 44.9 Å². The summed E-state index contributed by atoms with van der Waals surface area (Å²) in [5.74, 6) is -1.12. The Hall–Kier alpha value is -1.26. The van der Waals surface area contributed by atoms with Crippen molar-refractivity contribution in [2.45, 2.75) is 103 Å². The summed E-state index contributed by atoms with van der Waals surface area (Å²) in [5, 5.41) is 11.4. The molecule has 0 aromatic carbocycles. The SMILES string of the molecule is O=NC(=O)CC1(CCCCCCCCCCC2(CC(=O)O)CC2)CC1. The average Bonchev–Trinajstić information content (AvgIpc) is 3.48. The Morgan fingerprint density at radius 1 is 0.720 bits per heavy atom. The van der Waals surface area contributed by atoms with Gasteiger partial charge in [0.25, 0.3) is 5.91 Å². The number of carboxylic acids is 1. The van der Waals surface area contributed by atoms with Crippen molar-refractivity contribution in [1.82, 2.24) is 0 Å². The van der Waals surface area contributed by atoms with Gasteiger partial charge in [-0.1, -0.05) is 51.4 Å². The molecule has 1 amide bonds. The summed E-state index contributed by atoms with van der Waals surface area (Å²) in [6, 6.07) is 0. The van der Waals surface area contributed by atoms with E-state index >= 15 is 0 Å². The Balaban J connectivity index is 1.38. The number of rotatable bonds is 15. The van der Waals surface area contributed by atoms with Gasteiger partial charge in [-0.2, -0.15) is 0 Å². The fraction of sp³-hybridized carbons (Fsp3) is 0.900. The highest BCUT2D eigenvalue weighted by Gasteiger charge is 2.44. The van der Waals surface area contributed by atoms with Crippen LogP contribution in [0.4, 0.5) is 0 Å². The Labute approximate surface area is 150 Å². The van der Waals surface area contributed by atoms with Crippen molar-refractivity contribution in [2.24, 2.45) is 16.0 Å². The number of unbranched alkanes of at least 4 members (excludes halogenated alkanes) is 7. The molecule has 2 aliphatic carbocycles. The number of carboxylic acid groups (broad SMARTS) is 1. The highest BCUT2D eigenvalue weighted by Crippen LogP contribution is 2.53. The number of hydrogen-bond donors (Lipinski definition) is 1. The van der Waals surface area contributed by atoms with Gasteiger partial charge in [-0.3, -0.25) is 9.59 Å². The van der Waals surface area contributed by atoms with Crippen LogP contribution in [0.15, 0.2) is 5.18 Å². The predicted octanol–water partition coefficient (Wildman–Crippen LogP) is 5.61. The van der Waals surface area contributed by atoms with Gasteiger partial charge in [-0.15, -0.1) is 4.91 Å². The van der Waals surface area contributed by atoms with E-state index in [0.29, 0.717) is 12.8 Å². The summed E-state index contributed by atoms with van der Waals surface area (Å²) in [4.78, 5) is 32.2. The summed E-state index contributed by atoms with van der Waals surface area (Å²) in [6.45, 7) is 0. The van der Waals surface area contributed by atoms with Gasteiger partial charge >= 0.3 is 5.97 Å². The lowest BCUT2D eigenvalue weighted by molar-refractivity contribution is -0.138. The molecule has 5 heteroatoms. The number of nitroso groups, excluding NO2 is 1. The Morgan fingerprint density at radius 2 is 1.12 bits per heavy atom. The zero-order chi connectivity index (χ0) is 18.2. The van der Waals surface area contributed by atoms with Crippen LogP contribution in [0, 0.1) is 15.7 Å². The Morgan fingerprint density at radius 3 is 1.48 bits per heavy atom. The molecule has 0 aromatic heterocycles. The van der Waals surface area contributed by atoms with Crippen molar-refractivity contribution in [3.05, 3.63) is 4.91 Å². The highest BCUT2D eigenvalue weighted by atomic mass is 16.4. The maximum atomic E-state index is 11.1. The van der Waals surface area contributed by atoms with E-state index in [1.165, 1.54) is 44.9 Å². The zero-order valence-corrected chi connectivity index (χ0v) is 15.4. The predicted molar refractivity (Wildman–Crippen MR) is 97.2 cm³/mol. The lowest BCUT2D eigenvalue weighted by Gasteiger charge is -2.12. The minimum absolute atomic E-state index is 0.125. The first-order valence-electron chi connectivity index (χ1n) is 10.1. The van der Waals surface area contributed by atoms with E-state index in [-0.39, 0.29) is 10.8 Å². The second kappa shape index (κ2) is 9.44. The van der Waals surface area contributed by atoms with E-state index in [9.17, 15) is 14.5 Å². The number of hydrogen-bond acceptors (Lipinski definition) is 3. The van der Waals surface area contributed by atoms with Gasteiger partial charge in [-0.25, -0.2) is 0 Å². The van der Waals surface area contributed by atoms with Crippen molar-refractivity contribution < 1.29 is 14.7 Å². The van der Waals surface area contributed by atoms with Gasteiger partial charge in [0.2, 0.25) is 0 Å². The number of aliphatic carboxylic acids is 1. The molecule has 0 saturated heterocycles. The number of amides is 1. The molecule has 2 rings (SSSR count). The van der Waals surface area contributed by atoms with Crippen molar-refractivity contribution in [3.63, 3.8) is 0 Å². The molecule has 0 heterocycles. The van der Waals surface area contributed by atoms with Gasteiger partial charge < -0.3 is 5.11 Å². The first-order valence-corrected chi connectivity index (χ1v) is 10.1. The zero-order valence-electron chi connectivity index (χ0n) is 15.4. The molecule has 2 fully saturated rings. The fourth-order valence-electron chi connectivity index (χ4n) is 4.12. The van der Waals surface area contributed by atoms with E-state index < -0.39 is 11.9 Å². The van der Waals surface area contributed by atoms with Crippen molar-refractivity contribution in [1.29, 1.82) is 0 Å². The van der Waals surface area contributed by atoms with Gasteiger partial charge in [-0.05, 0) is 49.4 Å². The summed E-state index contributed by atoms with van der Waals surface area (Å²) >= 11 is 0. The van der Waals surface area contributed by atoms with E-state index in [4.69, 9.17) is 5.11 Å². The normalized spacial score (nSPS) is 19.4. The van der Waals surface area contributed by atoms with Crippen LogP contribution in [0.5, 0.6) is 0 Å². The third kappa shape index (κ3) is 7.66. The first kappa shape index (κ1) is 20.1. The maximum Gasteiger partial charge on any atom is 0.303 e. The molecular formula is C20H33NO4. The summed E-state index contributed by atoms with van der Waals surface area (Å²) in [6.07, 6.45) is 17.1. The quantitative estimate of drug-likeness (QED) is 0.307. The molecule has 2 saturated carbocycles. The Bertz CT molecular complexity index is 466. The van der Waals surface area contributed by atoms with E-state index in [1.54, 1.807) is 0 Å². The third-order valence-corrected chi connectivity index (χ3v) is 6.23. The molecule has 25 heavy (non-hydrogen) atoms. The topological polar surface area (TPSA) is 83.8 Å². The van der Waals surface area contributed by atoms with Crippen LogP contribution >= 0.6 is 0 Å². The number of carbonyl (C=O) groups is 2. The summed E-state index contributed by atoms with van der Waals surface area (Å²) < 4.78 is 0. The van der Waals surface area contributed by atoms with Gasteiger partial charge in [0, 0.05) is 11.6 Å². The minimum Gasteiger partial charge on any atom is -0.481 e. The molecule has 0 spiro atoms. The first-order chi connectivity index (χ1) is 12.0. The summed E-state index contributed by atoms with van der Waals surface area (Å²) in [7, 11) is 0. The molecule has 0 aliphatic heterocycles. The largest absolute Gasteiger partial charge is 0.481 e. The van der Waals surface area contributed by atoms with E-state index in [2.05, 4.69) is 5.18 Å². The standard InChI is InChI=1S/C20H33NO4/c22-17(21-25)15-19(11-12-19)9-7-5-3-1-2-4-6-8-10-20(13-14-20)16-18(23)24/h1-16H2,(H,23,24). The lowest BCUT2D eigenvalue weighted by atomic mass is 9.93. The van der Waals surface area contributed by atoms with Crippen LogP contribution in [0.3, 0.4) is 0 Å². The maximum absolute atomic E-state index is 11.1. The minimum atomic E-state index is -0.641. The molecule has 142 valence electrons. The summed E-state index contributed by atoms with van der Waals surface area (Å²) in [5.41, 5.74) is 0.283. The monoisotopic (exact) mass is 351 g/mol. The molecule has 2 aliphatic rings. The Kier molecular flexibility index (Phi) is 7.57. The average molecular weight is 351 g/mol. The van der Waals surface area contributed by atoms with Crippen LogP contribution in [-0.4, -0.2) is 17.0 Å². The van der Waals surface area contributed by atoms with Crippen LogP contribution in [-0.2, 0) is 9.59 Å². The smallest absolute Gasteiger partial charge is 0.303 e. The molecule has 5 nitrogen and oxygen atoms in total. The van der Waals surface area contributed by atoms with Crippen LogP contribution < -0.4 is 0 Å². The van der Waals surface area contributed by atoms with E-state index in [1.807, 2.05) is 0 Å². The lowest BCUT2D eigenvalue weighted by Crippen LogP contribution is -2.08. The van der Waals surface area contributed by atoms with Crippen molar-refractivity contribution in [3.8, 4) is 0 Å². The molecular weight excluding hydrogens is 318 g/mol. The molecule has 0 bridgehead atoms. The molecule has 0 atom stereocenters. The number of carbonyl (C=O) groups excluding carboxylic acids is 1. The number of nitrogens with zero attached hydrogens (tertiary/aromatic N) is 1. The van der Waals surface area contributed by atoms with Crippen LogP contribution in [0.1, 0.15) is 103 Å². The second-order valence-corrected chi connectivity index (χ2v) is 8.56. The van der Waals surface area contributed by atoms with Gasteiger partial charge in [0.05, 0.1) is 6.42 Å². The van der Waals surface area contributed by atoms with Crippen molar-refractivity contribution in [2.75, 3.05) is 0 Å². The molecule has 0 aromatic rings. The highest BCUT2D eigenvalue weighted by molar-refractivity contribution is 5.77. The molecule has 0 unspecified atom stereocenters. The van der Waals surface area contributed by atoms with Crippen molar-refractivity contribution >= 4 is 11.9 Å². The second-order valence-electron chi connectivity index (χ2n) is 8.56. The fourth-order valence-corrected chi connectivity index (χ4v) is 4.12. The van der Waals surface area contributed by atoms with Crippen LogP contribution in [0.25, 0.3) is 0 Å².